The fourth-order valence-corrected chi connectivity index (χ4v) is 3.84. The van der Waals surface area contributed by atoms with E-state index in [1.807, 2.05) is 6.07 Å². The molecule has 9 nitrogen and oxygen atoms in total. The van der Waals surface area contributed by atoms with Gasteiger partial charge in [0.15, 0.2) is 0 Å². The molecule has 5 aromatic rings. The summed E-state index contributed by atoms with van der Waals surface area (Å²) in [7, 11) is 0. The number of hydrogen-bond acceptors (Lipinski definition) is 6. The Bertz CT molecular complexity index is 1630. The minimum absolute atomic E-state index is 0.0211. The number of ether oxygens (including phenoxy) is 1. The van der Waals surface area contributed by atoms with E-state index in [4.69, 9.17) is 10.5 Å². The van der Waals surface area contributed by atoms with E-state index >= 15 is 0 Å². The van der Waals surface area contributed by atoms with Crippen molar-refractivity contribution in [1.82, 2.24) is 19.2 Å². The number of aromatic nitrogens is 4. The molecular weight excluding hydrogens is 465 g/mol. The molecule has 0 saturated heterocycles. The topological polar surface area (TPSA) is 125 Å². The SMILES string of the molecule is NC(=O)c1cn(-c2ccc(Oc3ncnn4cc(CCO)cc34)cc2)cc(-c2ccc(F)cc2)c1=O. The molecule has 0 atom stereocenters. The van der Waals surface area contributed by atoms with Crippen LogP contribution in [0.5, 0.6) is 11.6 Å². The highest BCUT2D eigenvalue weighted by atomic mass is 19.1. The van der Waals surface area contributed by atoms with Gasteiger partial charge in [-0.15, -0.1) is 0 Å². The average Bonchev–Trinajstić information content (AvgIpc) is 3.29. The van der Waals surface area contributed by atoms with Crippen molar-refractivity contribution in [2.45, 2.75) is 6.42 Å². The Morgan fingerprint density at radius 2 is 1.81 bits per heavy atom. The predicted octanol–water partition coefficient (Wildman–Crippen LogP) is 3.11. The molecule has 0 bridgehead atoms. The molecule has 0 radical (unpaired) electrons. The molecule has 0 unspecified atom stereocenters. The van der Waals surface area contributed by atoms with Crippen LogP contribution in [-0.4, -0.2) is 36.8 Å². The molecule has 5 rings (SSSR count). The molecular formula is C26H20FN5O4. The third-order valence-corrected chi connectivity index (χ3v) is 5.62. The van der Waals surface area contributed by atoms with E-state index in [9.17, 15) is 19.1 Å². The van der Waals surface area contributed by atoms with Crippen LogP contribution < -0.4 is 15.9 Å². The lowest BCUT2D eigenvalue weighted by Crippen LogP contribution is -2.24. The van der Waals surface area contributed by atoms with Crippen molar-refractivity contribution in [2.24, 2.45) is 5.73 Å². The number of halogens is 1. The van der Waals surface area contributed by atoms with Crippen LogP contribution in [0.3, 0.4) is 0 Å². The second-order valence-electron chi connectivity index (χ2n) is 8.01. The Balaban J connectivity index is 1.49. The maximum atomic E-state index is 13.4. The van der Waals surface area contributed by atoms with Gasteiger partial charge in [0.1, 0.15) is 29.0 Å². The van der Waals surface area contributed by atoms with E-state index in [1.54, 1.807) is 45.7 Å². The Kier molecular flexibility index (Phi) is 6.01. The smallest absolute Gasteiger partial charge is 0.254 e. The largest absolute Gasteiger partial charge is 0.437 e. The zero-order valence-corrected chi connectivity index (χ0v) is 18.8. The van der Waals surface area contributed by atoms with Crippen molar-refractivity contribution >= 4 is 11.4 Å². The number of carbonyl (C=O) groups excluding carboxylic acids is 1. The van der Waals surface area contributed by atoms with Crippen molar-refractivity contribution in [1.29, 1.82) is 0 Å². The molecule has 3 N–H and O–H groups in total. The van der Waals surface area contributed by atoms with Crippen LogP contribution >= 0.6 is 0 Å². The number of pyridine rings is 1. The van der Waals surface area contributed by atoms with E-state index in [0.29, 0.717) is 34.8 Å². The van der Waals surface area contributed by atoms with Gasteiger partial charge in [-0.1, -0.05) is 12.1 Å². The number of hydrogen-bond donors (Lipinski definition) is 2. The number of primary amides is 1. The number of amides is 1. The number of fused-ring (bicyclic) bond motifs is 1. The summed E-state index contributed by atoms with van der Waals surface area (Å²) in [6.45, 7) is 0.0211. The molecule has 0 aliphatic heterocycles. The van der Waals surface area contributed by atoms with Crippen molar-refractivity contribution in [3.63, 3.8) is 0 Å². The van der Waals surface area contributed by atoms with Gasteiger partial charge in [0.25, 0.3) is 5.91 Å². The number of nitrogens with two attached hydrogens (primary N) is 1. The van der Waals surface area contributed by atoms with E-state index in [1.165, 1.54) is 36.8 Å². The lowest BCUT2D eigenvalue weighted by Gasteiger charge is -2.12. The summed E-state index contributed by atoms with van der Waals surface area (Å²) in [5.41, 5.74) is 7.58. The molecule has 0 fully saturated rings. The van der Waals surface area contributed by atoms with Crippen LogP contribution in [-0.2, 0) is 6.42 Å². The highest BCUT2D eigenvalue weighted by Crippen LogP contribution is 2.26. The Labute approximate surface area is 203 Å². The van der Waals surface area contributed by atoms with Gasteiger partial charge in [0, 0.05) is 36.4 Å². The molecule has 1 amide bonds. The average molecular weight is 485 g/mol. The van der Waals surface area contributed by atoms with Gasteiger partial charge in [-0.05, 0) is 60.0 Å². The van der Waals surface area contributed by atoms with Gasteiger partial charge in [-0.25, -0.2) is 8.91 Å². The lowest BCUT2D eigenvalue weighted by molar-refractivity contribution is 0.0998. The number of carbonyl (C=O) groups is 1. The Morgan fingerprint density at radius 1 is 1.06 bits per heavy atom. The molecule has 36 heavy (non-hydrogen) atoms. The van der Waals surface area contributed by atoms with Crippen molar-refractivity contribution in [3.8, 4) is 28.4 Å². The molecule has 0 aliphatic carbocycles. The first-order chi connectivity index (χ1) is 17.4. The van der Waals surface area contributed by atoms with Crippen molar-refractivity contribution in [3.05, 3.63) is 107 Å². The third-order valence-electron chi connectivity index (χ3n) is 5.62. The maximum absolute atomic E-state index is 13.4. The van der Waals surface area contributed by atoms with Crippen LogP contribution in [0.4, 0.5) is 4.39 Å². The summed E-state index contributed by atoms with van der Waals surface area (Å²) in [5, 5.41) is 13.4. The molecule has 3 heterocycles. The third kappa shape index (κ3) is 4.44. The second kappa shape index (κ2) is 9.43. The van der Waals surface area contributed by atoms with Crippen LogP contribution in [0, 0.1) is 5.82 Å². The van der Waals surface area contributed by atoms with Crippen molar-refractivity contribution in [2.75, 3.05) is 6.61 Å². The molecule has 0 aliphatic rings. The Morgan fingerprint density at radius 3 is 2.50 bits per heavy atom. The van der Waals surface area contributed by atoms with E-state index in [2.05, 4.69) is 10.1 Å². The van der Waals surface area contributed by atoms with Crippen molar-refractivity contribution < 1.29 is 19.0 Å². The monoisotopic (exact) mass is 485 g/mol. The molecule has 2 aromatic carbocycles. The summed E-state index contributed by atoms with van der Waals surface area (Å²) in [4.78, 5) is 29.0. The number of rotatable bonds is 7. The predicted molar refractivity (Wildman–Crippen MR) is 130 cm³/mol. The summed E-state index contributed by atoms with van der Waals surface area (Å²) < 4.78 is 22.6. The van der Waals surface area contributed by atoms with E-state index in [0.717, 1.165) is 5.56 Å². The summed E-state index contributed by atoms with van der Waals surface area (Å²) >= 11 is 0. The van der Waals surface area contributed by atoms with Gasteiger partial charge < -0.3 is 20.1 Å². The normalized spacial score (nSPS) is 11.1. The van der Waals surface area contributed by atoms with E-state index in [-0.39, 0.29) is 17.7 Å². The zero-order chi connectivity index (χ0) is 25.2. The highest BCUT2D eigenvalue weighted by Gasteiger charge is 2.15. The zero-order valence-electron chi connectivity index (χ0n) is 18.8. The fraction of sp³-hybridized carbons (Fsp3) is 0.0769. The van der Waals surface area contributed by atoms with Gasteiger partial charge in [0.05, 0.1) is 0 Å². The number of aliphatic hydroxyl groups is 1. The number of nitrogens with zero attached hydrogens (tertiary/aromatic N) is 4. The highest BCUT2D eigenvalue weighted by molar-refractivity contribution is 5.93. The van der Waals surface area contributed by atoms with Crippen LogP contribution in [0.25, 0.3) is 22.3 Å². The van der Waals surface area contributed by atoms with Gasteiger partial charge in [-0.3, -0.25) is 9.59 Å². The first-order valence-electron chi connectivity index (χ1n) is 11.0. The first kappa shape index (κ1) is 22.9. The quantitative estimate of drug-likeness (QED) is 0.365. The maximum Gasteiger partial charge on any atom is 0.254 e. The minimum atomic E-state index is -0.863. The second-order valence-corrected chi connectivity index (χ2v) is 8.01. The summed E-state index contributed by atoms with van der Waals surface area (Å²) in [6, 6.07) is 14.2. The molecule has 180 valence electrons. The lowest BCUT2D eigenvalue weighted by atomic mass is 10.0. The Hall–Kier alpha value is -4.83. The number of aliphatic hydroxyl groups excluding tert-OH is 1. The summed E-state index contributed by atoms with van der Waals surface area (Å²) in [6.07, 6.45) is 6.60. The number of benzene rings is 2. The summed E-state index contributed by atoms with van der Waals surface area (Å²) in [5.74, 6) is -0.455. The van der Waals surface area contributed by atoms with E-state index < -0.39 is 17.2 Å². The van der Waals surface area contributed by atoms with Gasteiger partial charge in [0.2, 0.25) is 11.3 Å². The first-order valence-corrected chi connectivity index (χ1v) is 11.0. The molecule has 0 spiro atoms. The van der Waals surface area contributed by atoms with Crippen LogP contribution in [0.15, 0.2) is 84.3 Å². The standard InChI is InChI=1S/C26H20FN5O4/c27-18-3-1-17(2-4-18)21-13-31(14-22(24(21)34)25(28)35)19-5-7-20(8-6-19)36-26-23-11-16(9-10-33)12-32(23)30-15-29-26/h1-8,11-15,33H,9-10H2,(H2,28,35). The van der Waals surface area contributed by atoms with Gasteiger partial charge in [-0.2, -0.15) is 10.1 Å². The molecule has 10 heteroatoms. The van der Waals surface area contributed by atoms with Crippen LogP contribution in [0.2, 0.25) is 0 Å². The van der Waals surface area contributed by atoms with Crippen LogP contribution in [0.1, 0.15) is 15.9 Å². The fourth-order valence-electron chi connectivity index (χ4n) is 3.84. The molecule has 3 aromatic heterocycles. The minimum Gasteiger partial charge on any atom is -0.437 e. The van der Waals surface area contributed by atoms with Gasteiger partial charge >= 0.3 is 0 Å². The molecule has 0 saturated carbocycles.